The maximum Gasteiger partial charge on any atom is 0.335 e. The van der Waals surface area contributed by atoms with Crippen molar-refractivity contribution in [3.8, 4) is 0 Å². The highest BCUT2D eigenvalue weighted by atomic mass is 32.1. The van der Waals surface area contributed by atoms with Crippen molar-refractivity contribution in [1.29, 1.82) is 0 Å². The molecule has 1 atom stereocenters. The van der Waals surface area contributed by atoms with E-state index in [4.69, 9.17) is 9.47 Å². The Morgan fingerprint density at radius 2 is 1.86 bits per heavy atom. The Hall–Kier alpha value is -1.80. The molecule has 1 spiro atoms. The van der Waals surface area contributed by atoms with Crippen LogP contribution in [0.15, 0.2) is 18.3 Å². The molecule has 5 rings (SSSR count). The number of nitrogens with zero attached hydrogens (tertiary/aromatic N) is 3. The van der Waals surface area contributed by atoms with E-state index in [9.17, 15) is 9.59 Å². The normalized spacial score (nSPS) is 33.6. The summed E-state index contributed by atoms with van der Waals surface area (Å²) in [5.41, 5.74) is 0.719. The summed E-state index contributed by atoms with van der Waals surface area (Å²) < 4.78 is 19.5. The van der Waals surface area contributed by atoms with Gasteiger partial charge >= 0.3 is 17.8 Å². The summed E-state index contributed by atoms with van der Waals surface area (Å²) in [7, 11) is 0. The third kappa shape index (κ3) is 1.90. The minimum Gasteiger partial charge on any atom is -0.404 e. The lowest BCUT2D eigenvalue weighted by molar-refractivity contribution is -0.324. The van der Waals surface area contributed by atoms with Gasteiger partial charge in [-0.25, -0.2) is 14.5 Å². The summed E-state index contributed by atoms with van der Waals surface area (Å²) in [6.07, 6.45) is 5.81. The molecule has 0 N–H and O–H groups in total. The first-order valence-electron chi connectivity index (χ1n) is 6.85. The molecule has 0 aromatic carbocycles. The molecule has 21 heavy (non-hydrogen) atoms. The van der Waals surface area contributed by atoms with E-state index in [2.05, 4.69) is 8.75 Å². The van der Waals surface area contributed by atoms with Crippen molar-refractivity contribution in [2.75, 3.05) is 13.1 Å². The van der Waals surface area contributed by atoms with Gasteiger partial charge in [-0.1, -0.05) is 0 Å². The molecule has 1 aromatic heterocycles. The van der Waals surface area contributed by atoms with Crippen LogP contribution in [0.1, 0.15) is 24.5 Å². The Balaban J connectivity index is 1.82. The lowest BCUT2D eigenvalue weighted by Gasteiger charge is -2.54. The minimum absolute atomic E-state index is 0.262. The van der Waals surface area contributed by atoms with Gasteiger partial charge in [-0.15, -0.1) is 0 Å². The van der Waals surface area contributed by atoms with Gasteiger partial charge in [0.1, 0.15) is 5.92 Å². The molecule has 4 aliphatic rings. The highest BCUT2D eigenvalue weighted by Gasteiger charge is 2.61. The van der Waals surface area contributed by atoms with Crippen LogP contribution in [0.4, 0.5) is 0 Å². The third-order valence-electron chi connectivity index (χ3n) is 4.39. The standard InChI is InChI=1S/C13H13N3O4S/c17-10-1-2-11(18)20-13(19-10)12(9-7-14-21-15-9)8-3-5-16(13)6-4-8/h1-2,7-8,12H,3-6H2. The number of esters is 2. The van der Waals surface area contributed by atoms with E-state index < -0.39 is 17.8 Å². The maximum absolute atomic E-state index is 11.9. The number of fused-ring (bicyclic) bond motifs is 2. The van der Waals surface area contributed by atoms with Crippen molar-refractivity contribution in [1.82, 2.24) is 13.6 Å². The predicted molar refractivity (Wildman–Crippen MR) is 71.0 cm³/mol. The summed E-state index contributed by atoms with van der Waals surface area (Å²) in [5, 5.41) is 0. The molecule has 4 aliphatic heterocycles. The van der Waals surface area contributed by atoms with Gasteiger partial charge in [0.2, 0.25) is 0 Å². The number of carbonyl (C=O) groups excluding carboxylic acids is 2. The first kappa shape index (κ1) is 12.9. The molecule has 1 unspecified atom stereocenters. The van der Waals surface area contributed by atoms with Crippen LogP contribution in [0, 0.1) is 5.92 Å². The highest BCUT2D eigenvalue weighted by molar-refractivity contribution is 6.99. The van der Waals surface area contributed by atoms with Crippen molar-refractivity contribution in [2.45, 2.75) is 24.7 Å². The molecule has 5 heterocycles. The number of piperidine rings is 3. The molecule has 3 fully saturated rings. The van der Waals surface area contributed by atoms with Gasteiger partial charge in [-0.05, 0) is 18.8 Å². The lowest BCUT2D eigenvalue weighted by atomic mass is 9.74. The van der Waals surface area contributed by atoms with E-state index in [1.165, 1.54) is 0 Å². The molecule has 2 bridgehead atoms. The molecule has 110 valence electrons. The van der Waals surface area contributed by atoms with Crippen molar-refractivity contribution in [3.63, 3.8) is 0 Å². The molecular weight excluding hydrogens is 294 g/mol. The second-order valence-electron chi connectivity index (χ2n) is 5.44. The zero-order valence-electron chi connectivity index (χ0n) is 11.1. The Labute approximate surface area is 124 Å². The second-order valence-corrected chi connectivity index (χ2v) is 6.00. The van der Waals surface area contributed by atoms with E-state index in [-0.39, 0.29) is 11.8 Å². The predicted octanol–water partition coefficient (Wildman–Crippen LogP) is 0.657. The first-order valence-corrected chi connectivity index (χ1v) is 7.58. The maximum atomic E-state index is 11.9. The summed E-state index contributed by atoms with van der Waals surface area (Å²) in [6.45, 7) is 1.47. The van der Waals surface area contributed by atoms with Gasteiger partial charge in [0, 0.05) is 25.2 Å². The monoisotopic (exact) mass is 307 g/mol. The zero-order chi connectivity index (χ0) is 14.4. The fourth-order valence-corrected chi connectivity index (χ4v) is 4.00. The molecule has 0 amide bonds. The fraction of sp³-hybridized carbons (Fsp3) is 0.538. The van der Waals surface area contributed by atoms with E-state index in [1.807, 2.05) is 4.90 Å². The van der Waals surface area contributed by atoms with Crippen LogP contribution in [0.3, 0.4) is 0 Å². The molecule has 1 aromatic rings. The zero-order valence-corrected chi connectivity index (χ0v) is 11.9. The molecule has 0 saturated carbocycles. The van der Waals surface area contributed by atoms with Crippen LogP contribution >= 0.6 is 11.7 Å². The van der Waals surface area contributed by atoms with E-state index in [1.54, 1.807) is 6.20 Å². The van der Waals surface area contributed by atoms with Gasteiger partial charge in [-0.3, -0.25) is 0 Å². The average molecular weight is 307 g/mol. The van der Waals surface area contributed by atoms with Crippen molar-refractivity contribution in [2.24, 2.45) is 5.92 Å². The topological polar surface area (TPSA) is 81.6 Å². The average Bonchev–Trinajstić information content (AvgIpc) is 2.95. The number of hydrogen-bond acceptors (Lipinski definition) is 8. The molecular formula is C13H13N3O4S. The number of ether oxygens (including phenoxy) is 2. The lowest BCUT2D eigenvalue weighted by Crippen LogP contribution is -2.66. The quantitative estimate of drug-likeness (QED) is 0.705. The van der Waals surface area contributed by atoms with Crippen LogP contribution < -0.4 is 0 Å². The molecule has 0 aliphatic carbocycles. The van der Waals surface area contributed by atoms with Crippen LogP contribution in [0.25, 0.3) is 0 Å². The summed E-state index contributed by atoms with van der Waals surface area (Å²) >= 11 is 1.10. The Morgan fingerprint density at radius 3 is 2.43 bits per heavy atom. The third-order valence-corrected chi connectivity index (χ3v) is 4.88. The van der Waals surface area contributed by atoms with E-state index >= 15 is 0 Å². The van der Waals surface area contributed by atoms with Crippen LogP contribution in [0.5, 0.6) is 0 Å². The first-order chi connectivity index (χ1) is 10.2. The van der Waals surface area contributed by atoms with Gasteiger partial charge in [0.15, 0.2) is 0 Å². The van der Waals surface area contributed by atoms with Gasteiger partial charge in [0.25, 0.3) is 0 Å². The van der Waals surface area contributed by atoms with E-state index in [0.717, 1.165) is 55.5 Å². The largest absolute Gasteiger partial charge is 0.404 e. The van der Waals surface area contributed by atoms with Gasteiger partial charge in [-0.2, -0.15) is 8.75 Å². The Kier molecular flexibility index (Phi) is 2.83. The number of carbonyl (C=O) groups is 2. The molecule has 0 radical (unpaired) electrons. The van der Waals surface area contributed by atoms with Crippen molar-refractivity contribution in [3.05, 3.63) is 24.0 Å². The van der Waals surface area contributed by atoms with Crippen molar-refractivity contribution < 1.29 is 19.1 Å². The highest BCUT2D eigenvalue weighted by Crippen LogP contribution is 2.51. The van der Waals surface area contributed by atoms with Gasteiger partial charge in [0.05, 0.1) is 23.6 Å². The number of aromatic nitrogens is 2. The van der Waals surface area contributed by atoms with E-state index in [0.29, 0.717) is 0 Å². The second kappa shape index (κ2) is 4.60. The van der Waals surface area contributed by atoms with Crippen LogP contribution in [-0.2, 0) is 19.1 Å². The Morgan fingerprint density at radius 1 is 1.19 bits per heavy atom. The molecule has 3 saturated heterocycles. The van der Waals surface area contributed by atoms with Crippen molar-refractivity contribution >= 4 is 23.7 Å². The smallest absolute Gasteiger partial charge is 0.335 e. The fourth-order valence-electron chi connectivity index (χ4n) is 3.55. The molecule has 7 nitrogen and oxygen atoms in total. The van der Waals surface area contributed by atoms with Crippen LogP contribution in [0.2, 0.25) is 0 Å². The molecule has 8 heteroatoms. The summed E-state index contributed by atoms with van der Waals surface area (Å²) in [6, 6.07) is 0. The number of rotatable bonds is 1. The number of hydrogen-bond donors (Lipinski definition) is 0. The van der Waals surface area contributed by atoms with Gasteiger partial charge < -0.3 is 9.47 Å². The summed E-state index contributed by atoms with van der Waals surface area (Å²) in [5.74, 6) is -2.54. The Bertz CT molecular complexity index is 587. The SMILES string of the molecule is O=C1C=CC(=O)OC2(O1)C(c1cnsn1)C1CCN2CC1. The van der Waals surface area contributed by atoms with Crippen LogP contribution in [-0.4, -0.2) is 44.6 Å². The minimum atomic E-state index is -1.38. The summed E-state index contributed by atoms with van der Waals surface area (Å²) in [4.78, 5) is 25.7.